The van der Waals surface area contributed by atoms with E-state index in [1.165, 1.54) is 5.56 Å². The number of pyridine rings is 1. The summed E-state index contributed by atoms with van der Waals surface area (Å²) in [7, 11) is 0. The zero-order valence-corrected chi connectivity index (χ0v) is 16.1. The van der Waals surface area contributed by atoms with Gasteiger partial charge in [-0.1, -0.05) is 26.0 Å². The van der Waals surface area contributed by atoms with Crippen molar-refractivity contribution in [2.24, 2.45) is 0 Å². The third kappa shape index (κ3) is 4.64. The van der Waals surface area contributed by atoms with Gasteiger partial charge in [0.25, 0.3) is 5.91 Å². The fraction of sp³-hybridized carbons (Fsp3) is 0.381. The van der Waals surface area contributed by atoms with E-state index in [1.807, 2.05) is 35.2 Å². The number of rotatable bonds is 4. The minimum atomic E-state index is -0.177. The van der Waals surface area contributed by atoms with Crippen molar-refractivity contribution in [3.8, 4) is 0 Å². The van der Waals surface area contributed by atoms with E-state index in [4.69, 9.17) is 0 Å². The van der Waals surface area contributed by atoms with Crippen molar-refractivity contribution < 1.29 is 9.59 Å². The summed E-state index contributed by atoms with van der Waals surface area (Å²) < 4.78 is 0. The van der Waals surface area contributed by atoms with Gasteiger partial charge in [-0.2, -0.15) is 0 Å². The average Bonchev–Trinajstić information content (AvgIpc) is 2.68. The molecule has 0 saturated carbocycles. The Hall–Kier alpha value is -2.89. The minimum absolute atomic E-state index is 0.101. The molecule has 6 heteroatoms. The summed E-state index contributed by atoms with van der Waals surface area (Å²) in [5, 5.41) is 2.93. The van der Waals surface area contributed by atoms with Gasteiger partial charge in [0.2, 0.25) is 5.91 Å². The molecule has 1 aliphatic rings. The highest BCUT2D eigenvalue weighted by molar-refractivity contribution is 6.04. The van der Waals surface area contributed by atoms with Crippen LogP contribution in [0.2, 0.25) is 0 Å². The lowest BCUT2D eigenvalue weighted by atomic mass is 10.0. The Balaban J connectivity index is 1.66. The summed E-state index contributed by atoms with van der Waals surface area (Å²) >= 11 is 0. The molecule has 0 aliphatic carbocycles. The monoisotopic (exact) mass is 366 g/mol. The van der Waals surface area contributed by atoms with E-state index in [1.54, 1.807) is 19.3 Å². The molecule has 6 nitrogen and oxygen atoms in total. The van der Waals surface area contributed by atoms with Crippen molar-refractivity contribution in [2.45, 2.75) is 26.7 Å². The highest BCUT2D eigenvalue weighted by Crippen LogP contribution is 2.20. The summed E-state index contributed by atoms with van der Waals surface area (Å²) in [6, 6.07) is 9.76. The third-order valence-corrected chi connectivity index (χ3v) is 4.91. The van der Waals surface area contributed by atoms with E-state index in [0.29, 0.717) is 24.6 Å². The summed E-state index contributed by atoms with van der Waals surface area (Å²) in [5.41, 5.74) is 3.43. The van der Waals surface area contributed by atoms with Gasteiger partial charge in [0.15, 0.2) is 0 Å². The molecule has 0 atom stereocenters. The van der Waals surface area contributed by atoms with Crippen molar-refractivity contribution in [2.75, 3.05) is 36.4 Å². The smallest absolute Gasteiger partial charge is 0.257 e. The van der Waals surface area contributed by atoms with Crippen molar-refractivity contribution >= 4 is 23.2 Å². The van der Waals surface area contributed by atoms with Crippen LogP contribution < -0.4 is 10.2 Å². The van der Waals surface area contributed by atoms with E-state index in [9.17, 15) is 9.59 Å². The van der Waals surface area contributed by atoms with Gasteiger partial charge in [-0.25, -0.2) is 0 Å². The molecule has 27 heavy (non-hydrogen) atoms. The number of nitrogens with zero attached hydrogens (tertiary/aromatic N) is 3. The maximum atomic E-state index is 12.6. The normalized spacial score (nSPS) is 14.4. The van der Waals surface area contributed by atoms with E-state index in [0.717, 1.165) is 24.5 Å². The molecular weight excluding hydrogens is 340 g/mol. The van der Waals surface area contributed by atoms with E-state index >= 15 is 0 Å². The van der Waals surface area contributed by atoms with E-state index < -0.39 is 0 Å². The van der Waals surface area contributed by atoms with E-state index in [2.05, 4.69) is 29.0 Å². The molecule has 1 saturated heterocycles. The number of piperazine rings is 1. The molecule has 2 aromatic rings. The summed E-state index contributed by atoms with van der Waals surface area (Å²) in [6.07, 6.45) is 3.34. The number of amides is 2. The van der Waals surface area contributed by atoms with Gasteiger partial charge < -0.3 is 15.1 Å². The van der Waals surface area contributed by atoms with Crippen LogP contribution in [0, 0.1) is 0 Å². The second-order valence-corrected chi connectivity index (χ2v) is 7.16. The molecule has 2 amide bonds. The van der Waals surface area contributed by atoms with E-state index in [-0.39, 0.29) is 11.8 Å². The first kappa shape index (κ1) is 18.9. The number of benzene rings is 1. The second-order valence-electron chi connectivity index (χ2n) is 7.16. The Bertz CT molecular complexity index is 809. The first-order valence-electron chi connectivity index (χ1n) is 9.31. The maximum absolute atomic E-state index is 12.6. The van der Waals surface area contributed by atoms with Gasteiger partial charge in [0.05, 0.1) is 17.4 Å². The van der Waals surface area contributed by atoms with Gasteiger partial charge in [0, 0.05) is 45.0 Å². The van der Waals surface area contributed by atoms with Crippen molar-refractivity contribution in [1.29, 1.82) is 0 Å². The summed E-state index contributed by atoms with van der Waals surface area (Å²) in [4.78, 5) is 32.3. The van der Waals surface area contributed by atoms with Crippen LogP contribution in [0.15, 0.2) is 42.7 Å². The number of anilines is 2. The first-order chi connectivity index (χ1) is 12.9. The Morgan fingerprint density at radius 2 is 1.70 bits per heavy atom. The Labute approximate surface area is 160 Å². The lowest BCUT2D eigenvalue weighted by Crippen LogP contribution is -2.48. The van der Waals surface area contributed by atoms with Gasteiger partial charge >= 0.3 is 0 Å². The molecule has 0 spiro atoms. The lowest BCUT2D eigenvalue weighted by molar-refractivity contribution is -0.129. The summed E-state index contributed by atoms with van der Waals surface area (Å²) in [5.74, 6) is 0.382. The Morgan fingerprint density at radius 3 is 2.30 bits per heavy atom. The van der Waals surface area contributed by atoms with Crippen LogP contribution in [0.1, 0.15) is 42.6 Å². The zero-order valence-electron chi connectivity index (χ0n) is 16.1. The van der Waals surface area contributed by atoms with Crippen LogP contribution in [0.3, 0.4) is 0 Å². The lowest BCUT2D eigenvalue weighted by Gasteiger charge is -2.35. The molecule has 1 fully saturated rings. The van der Waals surface area contributed by atoms with Crippen LogP contribution in [-0.4, -0.2) is 47.9 Å². The van der Waals surface area contributed by atoms with Crippen LogP contribution >= 0.6 is 0 Å². The SMILES string of the molecule is CC(=O)N1CCN(c2cncc(C(=O)Nc3ccc(C(C)C)cc3)c2)CC1. The Morgan fingerprint density at radius 1 is 1.04 bits per heavy atom. The molecule has 3 rings (SSSR count). The largest absolute Gasteiger partial charge is 0.367 e. The van der Waals surface area contributed by atoms with Crippen LogP contribution in [0.25, 0.3) is 0 Å². The highest BCUT2D eigenvalue weighted by Gasteiger charge is 2.19. The second kappa shape index (κ2) is 8.20. The first-order valence-corrected chi connectivity index (χ1v) is 9.31. The zero-order chi connectivity index (χ0) is 19.4. The molecule has 1 aromatic carbocycles. The van der Waals surface area contributed by atoms with Crippen molar-refractivity contribution in [3.05, 3.63) is 53.9 Å². The standard InChI is InChI=1S/C21H26N4O2/c1-15(2)17-4-6-19(7-5-17)23-21(27)18-12-20(14-22-13-18)25-10-8-24(9-11-25)16(3)26/h4-7,12-15H,8-11H2,1-3H3,(H,23,27). The van der Waals surface area contributed by atoms with Gasteiger partial charge in [-0.3, -0.25) is 14.6 Å². The van der Waals surface area contributed by atoms with Crippen LogP contribution in [0.4, 0.5) is 11.4 Å². The van der Waals surface area contributed by atoms with Gasteiger partial charge in [-0.15, -0.1) is 0 Å². The summed E-state index contributed by atoms with van der Waals surface area (Å²) in [6.45, 7) is 8.73. The van der Waals surface area contributed by atoms with Gasteiger partial charge in [-0.05, 0) is 29.7 Å². The molecule has 1 aromatic heterocycles. The number of carbonyl (C=O) groups excluding carboxylic acids is 2. The fourth-order valence-electron chi connectivity index (χ4n) is 3.16. The Kier molecular flexibility index (Phi) is 5.74. The molecule has 0 radical (unpaired) electrons. The molecule has 0 unspecified atom stereocenters. The van der Waals surface area contributed by atoms with Crippen LogP contribution in [0.5, 0.6) is 0 Å². The number of aromatic nitrogens is 1. The molecule has 142 valence electrons. The third-order valence-electron chi connectivity index (χ3n) is 4.91. The maximum Gasteiger partial charge on any atom is 0.257 e. The van der Waals surface area contributed by atoms with Gasteiger partial charge in [0.1, 0.15) is 0 Å². The fourth-order valence-corrected chi connectivity index (χ4v) is 3.16. The number of nitrogens with one attached hydrogen (secondary N) is 1. The predicted octanol–water partition coefficient (Wildman–Crippen LogP) is 3.13. The topological polar surface area (TPSA) is 65.5 Å². The van der Waals surface area contributed by atoms with Crippen molar-refractivity contribution in [3.63, 3.8) is 0 Å². The van der Waals surface area contributed by atoms with Crippen LogP contribution in [-0.2, 0) is 4.79 Å². The highest BCUT2D eigenvalue weighted by atomic mass is 16.2. The average molecular weight is 366 g/mol. The van der Waals surface area contributed by atoms with Crippen molar-refractivity contribution in [1.82, 2.24) is 9.88 Å². The quantitative estimate of drug-likeness (QED) is 0.903. The molecule has 0 bridgehead atoms. The molecule has 1 aliphatic heterocycles. The molecular formula is C21H26N4O2. The number of carbonyl (C=O) groups is 2. The predicted molar refractivity (Wildman–Crippen MR) is 107 cm³/mol. The number of hydrogen-bond donors (Lipinski definition) is 1. The molecule has 1 N–H and O–H groups in total. The number of hydrogen-bond acceptors (Lipinski definition) is 4. The molecule has 2 heterocycles. The minimum Gasteiger partial charge on any atom is -0.367 e.